The van der Waals surface area contributed by atoms with Crippen LogP contribution in [0.25, 0.3) is 22.0 Å². The van der Waals surface area contributed by atoms with Crippen LogP contribution < -0.4 is 9.47 Å². The zero-order valence-electron chi connectivity index (χ0n) is 13.1. The van der Waals surface area contributed by atoms with Gasteiger partial charge in [0.05, 0.1) is 19.7 Å². The number of benzene rings is 2. The number of hydrogen-bond donors (Lipinski definition) is 0. The fourth-order valence-corrected chi connectivity index (χ4v) is 2.29. The molecule has 0 aliphatic heterocycles. The van der Waals surface area contributed by atoms with Crippen molar-refractivity contribution >= 4 is 22.5 Å². The van der Waals surface area contributed by atoms with Crippen LogP contribution in [-0.4, -0.2) is 24.2 Å². The maximum atomic E-state index is 5.83. The minimum absolute atomic E-state index is 0. The van der Waals surface area contributed by atoms with Crippen LogP contribution in [0.3, 0.4) is 0 Å². The van der Waals surface area contributed by atoms with E-state index in [1.54, 1.807) is 26.5 Å². The Kier molecular flexibility index (Phi) is 7.34. The summed E-state index contributed by atoms with van der Waals surface area (Å²) in [5, 5.41) is 1.10. The third-order valence-electron chi connectivity index (χ3n) is 3.18. The van der Waals surface area contributed by atoms with Gasteiger partial charge in [0.15, 0.2) is 0 Å². The molecule has 0 aliphatic carbocycles. The maximum Gasteiger partial charge on any atom is 2.00 e. The van der Waals surface area contributed by atoms with Gasteiger partial charge in [-0.2, -0.15) is 12.1 Å². The summed E-state index contributed by atoms with van der Waals surface area (Å²) < 4.78 is 10.7. The number of fused-ring (bicyclic) bond motifs is 1. The fraction of sp³-hybridized carbons (Fsp3) is 0.118. The summed E-state index contributed by atoms with van der Waals surface area (Å²) in [4.78, 5) is 8.21. The molecule has 0 fully saturated rings. The first-order valence-corrected chi connectivity index (χ1v) is 6.65. The van der Waals surface area contributed by atoms with Crippen LogP contribution in [0, 0.1) is 44.6 Å². The van der Waals surface area contributed by atoms with Gasteiger partial charge in [0.25, 0.3) is 0 Å². The van der Waals surface area contributed by atoms with Gasteiger partial charge >= 0.3 is 31.1 Å². The zero-order valence-corrected chi connectivity index (χ0v) is 18.0. The average Bonchev–Trinajstić information content (AvgIpc) is 2.53. The smallest absolute Gasteiger partial charge is 0.554 e. The molecule has 23 heavy (non-hydrogen) atoms. The molecule has 0 saturated carbocycles. The summed E-state index contributed by atoms with van der Waals surface area (Å²) >= 11 is 5.83. The molecular weight excluding hydrogens is 538 g/mol. The molecule has 0 atom stereocenters. The third-order valence-corrected chi connectivity index (χ3v) is 3.36. The van der Waals surface area contributed by atoms with E-state index >= 15 is 0 Å². The Morgan fingerprint density at radius 3 is 2.57 bits per heavy atom. The van der Waals surface area contributed by atoms with Crippen LogP contribution in [0.15, 0.2) is 36.5 Å². The molecule has 4 nitrogen and oxygen atoms in total. The van der Waals surface area contributed by atoms with E-state index in [0.29, 0.717) is 5.75 Å². The molecule has 3 rings (SSSR count). The quantitative estimate of drug-likeness (QED) is 0.361. The molecule has 0 N–H and O–H groups in total. The van der Waals surface area contributed by atoms with E-state index in [-0.39, 0.29) is 43.8 Å². The molecule has 116 valence electrons. The van der Waals surface area contributed by atoms with Crippen LogP contribution in [-0.2, 0) is 0 Å². The van der Waals surface area contributed by atoms with Gasteiger partial charge in [-0.05, 0) is 17.2 Å². The molecule has 0 aliphatic rings. The summed E-state index contributed by atoms with van der Waals surface area (Å²) in [6, 6.07) is 12.4. The monoisotopic (exact) mass is 552 g/mol. The number of methoxy groups -OCH3 is 2. The van der Waals surface area contributed by atoms with Gasteiger partial charge in [-0.15, -0.1) is 17.7 Å². The maximum absolute atomic E-state index is 5.83. The molecule has 0 saturated heterocycles. The SMILES string of the molecule is COc1c[c-]cc(-c2cc3cnc(Cl)nc3cc2OC)c1.[CH3-].[U+2]. The molecule has 6 heteroatoms. The Hall–Kier alpha value is -1.28. The van der Waals surface area contributed by atoms with Crippen molar-refractivity contribution in [2.75, 3.05) is 14.2 Å². The Balaban J connectivity index is 0.00000132. The van der Waals surface area contributed by atoms with Gasteiger partial charge in [-0.3, -0.25) is 0 Å². The Labute approximate surface area is 164 Å². The van der Waals surface area contributed by atoms with Gasteiger partial charge in [0, 0.05) is 23.4 Å². The first-order chi connectivity index (χ1) is 10.2. The topological polar surface area (TPSA) is 44.2 Å². The summed E-state index contributed by atoms with van der Waals surface area (Å²) in [7, 11) is 3.25. The second-order valence-corrected chi connectivity index (χ2v) is 4.75. The van der Waals surface area contributed by atoms with E-state index in [4.69, 9.17) is 21.1 Å². The molecule has 1 heterocycles. The number of rotatable bonds is 3. The van der Waals surface area contributed by atoms with E-state index in [9.17, 15) is 0 Å². The molecule has 0 bridgehead atoms. The Morgan fingerprint density at radius 1 is 1.09 bits per heavy atom. The van der Waals surface area contributed by atoms with E-state index in [1.807, 2.05) is 24.3 Å². The Morgan fingerprint density at radius 2 is 1.87 bits per heavy atom. The molecule has 0 spiro atoms. The van der Waals surface area contributed by atoms with Crippen molar-refractivity contribution in [1.82, 2.24) is 9.97 Å². The largest absolute Gasteiger partial charge is 2.00 e. The van der Waals surface area contributed by atoms with E-state index < -0.39 is 0 Å². The normalized spacial score (nSPS) is 9.70. The number of halogens is 1. The number of aromatic nitrogens is 2. The van der Waals surface area contributed by atoms with Crippen LogP contribution in [0.4, 0.5) is 0 Å². The summed E-state index contributed by atoms with van der Waals surface area (Å²) in [6.07, 6.45) is 1.69. The minimum atomic E-state index is 0. The molecular formula is C17H15ClN2O2U. The van der Waals surface area contributed by atoms with Crippen molar-refractivity contribution in [3.8, 4) is 22.6 Å². The molecule has 0 amide bonds. The van der Waals surface area contributed by atoms with Gasteiger partial charge in [-0.1, -0.05) is 6.07 Å². The second kappa shape index (κ2) is 8.54. The molecule has 0 unspecified atom stereocenters. The van der Waals surface area contributed by atoms with Gasteiger partial charge in [0.2, 0.25) is 5.28 Å². The van der Waals surface area contributed by atoms with Crippen molar-refractivity contribution in [3.05, 3.63) is 55.3 Å². The van der Waals surface area contributed by atoms with Crippen molar-refractivity contribution in [2.45, 2.75) is 0 Å². The van der Waals surface area contributed by atoms with Crippen molar-refractivity contribution in [1.29, 1.82) is 0 Å². The summed E-state index contributed by atoms with van der Waals surface area (Å²) in [5.74, 6) is 1.45. The minimum Gasteiger partial charge on any atom is -0.554 e. The first-order valence-electron chi connectivity index (χ1n) is 6.27. The Bertz CT molecular complexity index is 812. The zero-order chi connectivity index (χ0) is 14.8. The average molecular weight is 553 g/mol. The van der Waals surface area contributed by atoms with Crippen LogP contribution >= 0.6 is 11.6 Å². The van der Waals surface area contributed by atoms with E-state index in [0.717, 1.165) is 27.8 Å². The van der Waals surface area contributed by atoms with Crippen molar-refractivity contribution in [2.24, 2.45) is 0 Å². The van der Waals surface area contributed by atoms with Crippen LogP contribution in [0.2, 0.25) is 5.28 Å². The number of nitrogens with zero attached hydrogens (tertiary/aromatic N) is 2. The van der Waals surface area contributed by atoms with Crippen LogP contribution in [0.1, 0.15) is 0 Å². The molecule has 1 aromatic heterocycles. The molecule has 0 radical (unpaired) electrons. The summed E-state index contributed by atoms with van der Waals surface area (Å²) in [6.45, 7) is 0. The van der Waals surface area contributed by atoms with Crippen molar-refractivity contribution in [3.63, 3.8) is 0 Å². The van der Waals surface area contributed by atoms with Gasteiger partial charge < -0.3 is 16.9 Å². The van der Waals surface area contributed by atoms with Crippen LogP contribution in [0.5, 0.6) is 11.5 Å². The predicted molar refractivity (Wildman–Crippen MR) is 88.3 cm³/mol. The van der Waals surface area contributed by atoms with Crippen molar-refractivity contribution < 1.29 is 40.6 Å². The van der Waals surface area contributed by atoms with E-state index in [2.05, 4.69) is 16.0 Å². The summed E-state index contributed by atoms with van der Waals surface area (Å²) in [5.41, 5.74) is 2.61. The second-order valence-electron chi connectivity index (χ2n) is 4.41. The third kappa shape index (κ3) is 4.17. The molecule has 2 aromatic carbocycles. The number of hydrogen-bond acceptors (Lipinski definition) is 4. The first kappa shape index (κ1) is 19.8. The van der Waals surface area contributed by atoms with Gasteiger partial charge in [-0.25, -0.2) is 9.97 Å². The standard InChI is InChI=1S/C16H12ClN2O2.CH3.U/c1-20-12-5-3-4-10(6-12)13-7-11-9-18-16(17)19-14(11)8-15(13)21-2;;/h4-9H,1-2H3;1H3;/q2*-1;+2. The fourth-order valence-electron chi connectivity index (χ4n) is 2.16. The number of ether oxygens (including phenoxy) is 2. The molecule has 3 aromatic rings. The van der Waals surface area contributed by atoms with E-state index in [1.165, 1.54) is 0 Å². The van der Waals surface area contributed by atoms with Gasteiger partial charge in [0.1, 0.15) is 5.75 Å². The predicted octanol–water partition coefficient (Wildman–Crippen LogP) is 4.22.